The van der Waals surface area contributed by atoms with Crippen molar-refractivity contribution in [2.75, 3.05) is 0 Å². The summed E-state index contributed by atoms with van der Waals surface area (Å²) >= 11 is 1.56. The Bertz CT molecular complexity index is 767. The van der Waals surface area contributed by atoms with Gasteiger partial charge in [-0.25, -0.2) is 4.98 Å². The maximum atomic E-state index is 12.6. The lowest BCUT2D eigenvalue weighted by Gasteiger charge is -2.39. The van der Waals surface area contributed by atoms with Gasteiger partial charge in [-0.05, 0) is 32.8 Å². The molecule has 128 valence electrons. The van der Waals surface area contributed by atoms with Crippen LogP contribution in [0.4, 0.5) is 0 Å². The first-order valence-electron chi connectivity index (χ1n) is 8.05. The molecule has 2 unspecified atom stereocenters. The van der Waals surface area contributed by atoms with Crippen LogP contribution in [-0.2, 0) is 4.79 Å². The number of aryl methyl sites for hydroxylation is 1. The highest BCUT2D eigenvalue weighted by Crippen LogP contribution is 2.34. The van der Waals surface area contributed by atoms with E-state index in [2.05, 4.69) is 15.3 Å². The Morgan fingerprint density at radius 1 is 1.46 bits per heavy atom. The number of hydrogen-bond acceptors (Lipinski definition) is 4. The second-order valence-electron chi connectivity index (χ2n) is 6.56. The van der Waals surface area contributed by atoms with Gasteiger partial charge in [0.05, 0.1) is 22.2 Å². The van der Waals surface area contributed by atoms with E-state index in [0.717, 1.165) is 29.1 Å². The van der Waals surface area contributed by atoms with Gasteiger partial charge in [0.25, 0.3) is 5.91 Å². The van der Waals surface area contributed by atoms with Crippen molar-refractivity contribution in [2.45, 2.75) is 45.1 Å². The quantitative estimate of drug-likeness (QED) is 0.791. The third kappa shape index (κ3) is 3.21. The van der Waals surface area contributed by atoms with Crippen molar-refractivity contribution in [3.63, 3.8) is 0 Å². The standard InChI is InChI=1S/C17H21N3O3S/c1-10-19-14(9-24-10)11-7-13(18-8-11)15(21)20-17(2)6-4-3-5-12(17)16(22)23/h7-9,12,18H,3-6H2,1-2H3,(H,20,21)(H,22,23). The van der Waals surface area contributed by atoms with E-state index in [1.54, 1.807) is 23.6 Å². The number of carboxylic acid groups (broad SMARTS) is 1. The van der Waals surface area contributed by atoms with Crippen molar-refractivity contribution in [3.05, 3.63) is 28.3 Å². The lowest BCUT2D eigenvalue weighted by molar-refractivity contribution is -0.145. The number of H-pyrrole nitrogens is 1. The highest BCUT2D eigenvalue weighted by atomic mass is 32.1. The zero-order chi connectivity index (χ0) is 17.3. The Morgan fingerprint density at radius 3 is 2.92 bits per heavy atom. The molecule has 2 atom stereocenters. The Morgan fingerprint density at radius 2 is 2.25 bits per heavy atom. The van der Waals surface area contributed by atoms with Crippen molar-refractivity contribution in [1.29, 1.82) is 0 Å². The molecular weight excluding hydrogens is 326 g/mol. The zero-order valence-electron chi connectivity index (χ0n) is 13.8. The van der Waals surface area contributed by atoms with Crippen LogP contribution in [0.3, 0.4) is 0 Å². The second kappa shape index (κ2) is 6.39. The van der Waals surface area contributed by atoms with Crippen LogP contribution >= 0.6 is 11.3 Å². The number of carbonyl (C=O) groups is 2. The molecule has 1 amide bonds. The molecule has 0 spiro atoms. The van der Waals surface area contributed by atoms with Gasteiger partial charge in [0, 0.05) is 17.1 Å². The fourth-order valence-corrected chi connectivity index (χ4v) is 4.00. The topological polar surface area (TPSA) is 95.1 Å². The second-order valence-corrected chi connectivity index (χ2v) is 7.62. The molecule has 0 aromatic carbocycles. The van der Waals surface area contributed by atoms with Crippen LogP contribution in [0.5, 0.6) is 0 Å². The van der Waals surface area contributed by atoms with Crippen LogP contribution in [0.25, 0.3) is 11.3 Å². The number of carboxylic acids is 1. The third-order valence-corrected chi connectivity index (χ3v) is 5.52. The molecule has 2 heterocycles. The molecule has 3 rings (SSSR count). The van der Waals surface area contributed by atoms with Gasteiger partial charge >= 0.3 is 5.97 Å². The maximum absolute atomic E-state index is 12.6. The monoisotopic (exact) mass is 347 g/mol. The van der Waals surface area contributed by atoms with Gasteiger partial charge < -0.3 is 15.4 Å². The molecule has 1 aliphatic carbocycles. The number of aromatic nitrogens is 2. The van der Waals surface area contributed by atoms with Crippen molar-refractivity contribution in [2.24, 2.45) is 5.92 Å². The van der Waals surface area contributed by atoms with E-state index in [-0.39, 0.29) is 5.91 Å². The first kappa shape index (κ1) is 16.7. The van der Waals surface area contributed by atoms with Crippen molar-refractivity contribution >= 4 is 23.2 Å². The van der Waals surface area contributed by atoms with Crippen molar-refractivity contribution < 1.29 is 14.7 Å². The summed E-state index contributed by atoms with van der Waals surface area (Å²) in [6, 6.07) is 1.76. The molecule has 0 aliphatic heterocycles. The first-order chi connectivity index (χ1) is 11.4. The van der Waals surface area contributed by atoms with Gasteiger partial charge in [-0.1, -0.05) is 12.8 Å². The number of carbonyl (C=O) groups excluding carboxylic acids is 1. The molecule has 1 fully saturated rings. The van der Waals surface area contributed by atoms with E-state index < -0.39 is 17.4 Å². The predicted molar refractivity (Wildman–Crippen MR) is 92.1 cm³/mol. The molecule has 1 aliphatic rings. The Hall–Kier alpha value is -2.15. The molecule has 7 heteroatoms. The van der Waals surface area contributed by atoms with Crippen molar-refractivity contribution in [3.8, 4) is 11.3 Å². The van der Waals surface area contributed by atoms with Crippen LogP contribution in [0.1, 0.15) is 48.1 Å². The van der Waals surface area contributed by atoms with Crippen LogP contribution < -0.4 is 5.32 Å². The number of rotatable bonds is 4. The lowest BCUT2D eigenvalue weighted by atomic mass is 9.74. The largest absolute Gasteiger partial charge is 0.481 e. The maximum Gasteiger partial charge on any atom is 0.308 e. The van der Waals surface area contributed by atoms with E-state index >= 15 is 0 Å². The summed E-state index contributed by atoms with van der Waals surface area (Å²) in [6.45, 7) is 3.76. The molecule has 2 aromatic rings. The van der Waals surface area contributed by atoms with Gasteiger partial charge in [0.2, 0.25) is 0 Å². The van der Waals surface area contributed by atoms with E-state index in [0.29, 0.717) is 18.5 Å². The number of nitrogens with one attached hydrogen (secondary N) is 2. The molecule has 1 saturated carbocycles. The summed E-state index contributed by atoms with van der Waals surface area (Å²) in [7, 11) is 0. The lowest BCUT2D eigenvalue weighted by Crippen LogP contribution is -2.55. The predicted octanol–water partition coefficient (Wildman–Crippen LogP) is 3.21. The van der Waals surface area contributed by atoms with Crippen LogP contribution in [0.15, 0.2) is 17.6 Å². The highest BCUT2D eigenvalue weighted by Gasteiger charge is 2.42. The smallest absolute Gasteiger partial charge is 0.308 e. The summed E-state index contributed by atoms with van der Waals surface area (Å²) in [5.74, 6) is -1.67. The Labute approximate surface area is 144 Å². The SMILES string of the molecule is Cc1nc(-c2c[nH]c(C(=O)NC3(C)CCCCC3C(=O)O)c2)cs1. The van der Waals surface area contributed by atoms with E-state index in [9.17, 15) is 14.7 Å². The fraction of sp³-hybridized carbons (Fsp3) is 0.471. The van der Waals surface area contributed by atoms with E-state index in [1.165, 1.54) is 0 Å². The minimum atomic E-state index is -0.845. The van der Waals surface area contributed by atoms with Gasteiger partial charge in [-0.2, -0.15) is 0 Å². The first-order valence-corrected chi connectivity index (χ1v) is 8.93. The van der Waals surface area contributed by atoms with E-state index in [4.69, 9.17) is 0 Å². The van der Waals surface area contributed by atoms with Crippen LogP contribution in [0.2, 0.25) is 0 Å². The summed E-state index contributed by atoms with van der Waals surface area (Å²) in [5, 5.41) is 15.3. The summed E-state index contributed by atoms with van der Waals surface area (Å²) in [5.41, 5.74) is 1.39. The molecular formula is C17H21N3O3S. The number of amides is 1. The summed E-state index contributed by atoms with van der Waals surface area (Å²) in [6.07, 6.45) is 4.84. The van der Waals surface area contributed by atoms with Gasteiger partial charge in [0.1, 0.15) is 5.69 Å². The fourth-order valence-electron chi connectivity index (χ4n) is 3.38. The highest BCUT2D eigenvalue weighted by molar-refractivity contribution is 7.09. The number of thiazole rings is 1. The van der Waals surface area contributed by atoms with Gasteiger partial charge in [0.15, 0.2) is 0 Å². The number of aromatic amines is 1. The van der Waals surface area contributed by atoms with Crippen LogP contribution in [0, 0.1) is 12.8 Å². The normalized spacial score (nSPS) is 23.8. The average molecular weight is 347 g/mol. The summed E-state index contributed by atoms with van der Waals surface area (Å²) < 4.78 is 0. The van der Waals surface area contributed by atoms with Gasteiger partial charge in [-0.15, -0.1) is 11.3 Å². The van der Waals surface area contributed by atoms with Crippen molar-refractivity contribution in [1.82, 2.24) is 15.3 Å². The molecule has 0 radical (unpaired) electrons. The minimum absolute atomic E-state index is 0.274. The van der Waals surface area contributed by atoms with Gasteiger partial charge in [-0.3, -0.25) is 9.59 Å². The molecule has 3 N–H and O–H groups in total. The third-order valence-electron chi connectivity index (χ3n) is 4.75. The van der Waals surface area contributed by atoms with Crippen LogP contribution in [-0.4, -0.2) is 32.5 Å². The number of nitrogens with zero attached hydrogens (tertiary/aromatic N) is 1. The zero-order valence-corrected chi connectivity index (χ0v) is 14.6. The number of aliphatic carboxylic acids is 1. The molecule has 24 heavy (non-hydrogen) atoms. The number of hydrogen-bond donors (Lipinski definition) is 3. The molecule has 0 saturated heterocycles. The van der Waals surface area contributed by atoms with E-state index in [1.807, 2.05) is 19.2 Å². The summed E-state index contributed by atoms with van der Waals surface area (Å²) in [4.78, 5) is 31.5. The molecule has 0 bridgehead atoms. The minimum Gasteiger partial charge on any atom is -0.481 e. The molecule has 6 nitrogen and oxygen atoms in total. The Kier molecular flexibility index (Phi) is 4.45. The average Bonchev–Trinajstić information content (AvgIpc) is 3.15. The molecule has 2 aromatic heterocycles. The Balaban J connectivity index is 1.77.